The van der Waals surface area contributed by atoms with Crippen molar-refractivity contribution in [1.82, 2.24) is 72.1 Å². The Labute approximate surface area is 728 Å². The Hall–Kier alpha value is -17.5. The first-order valence-corrected chi connectivity index (χ1v) is 39.1. The van der Waals surface area contributed by atoms with E-state index in [1.165, 1.54) is 66.2 Å². The molecule has 0 bridgehead atoms. The number of nitrogens with one attached hydrogen (secondary N) is 9. The molecule has 128 heavy (non-hydrogen) atoms. The predicted octanol–water partition coefficient (Wildman–Crippen LogP) is 3.89. The Morgan fingerprint density at radius 3 is 0.977 bits per heavy atom. The minimum Gasteiger partial charge on any atom is -0.497 e. The third-order valence-electron chi connectivity index (χ3n) is 21.3. The molecule has 8 aliphatic heterocycles. The fraction of sp³-hybridized carbons (Fsp3) is 0.196. The van der Waals surface area contributed by atoms with Crippen LogP contribution in [0.15, 0.2) is 182 Å². The lowest BCUT2D eigenvalue weighted by Crippen LogP contribution is -2.54. The van der Waals surface area contributed by atoms with Crippen LogP contribution in [0.5, 0.6) is 23.0 Å². The number of fused-ring (bicyclic) bond motifs is 4. The quantitative estimate of drug-likeness (QED) is 0.0350. The number of carbonyl (C=O) groups excluding carboxylic acids is 15. The van der Waals surface area contributed by atoms with Gasteiger partial charge in [0.2, 0.25) is 34.0 Å². The smallest absolute Gasteiger partial charge is 0.338 e. The van der Waals surface area contributed by atoms with Crippen molar-refractivity contribution in [1.29, 1.82) is 0 Å². The number of primary amides is 2. The van der Waals surface area contributed by atoms with Gasteiger partial charge in [0.1, 0.15) is 28.8 Å². The number of carbonyl (C=O) groups is 15. The van der Waals surface area contributed by atoms with Gasteiger partial charge in [0.15, 0.2) is 0 Å². The van der Waals surface area contributed by atoms with Gasteiger partial charge in [-0.1, -0.05) is 89.8 Å². The monoisotopic (exact) mass is 1720 g/mol. The number of aromatic nitrogens is 2. The number of methoxy groups -OCH3 is 4. The SMILES string of the molecule is CCOC(=O)c1ccc(C#C[C@]2(CN3Cc4ccc(OC)cc4C3=O)NC(=O)NC2=O)cc1.COc1ccc2c(c1)C(=O)N(C[C@@]1(C#Cc3ccc(-c4ncc[nH]4)cc3)NC(=O)NC1=O)C2.COc1ccc2c(c1)C(=O)N(C[C@@]1(C#Cc3ccc(C(N)=O)cc3)NC(=O)NC1=O)C2.COc1ccc2c(c1)C(=O)N(C[C@@]1(C#Cc3cccc(C(N)=O)c3)NC(=O)NC1=O)C2. The van der Waals surface area contributed by atoms with E-state index < -0.39 is 87.7 Å². The van der Waals surface area contributed by atoms with E-state index in [1.807, 2.05) is 18.2 Å². The van der Waals surface area contributed by atoms with Crippen LogP contribution in [0.4, 0.5) is 19.2 Å². The number of esters is 1. The van der Waals surface area contributed by atoms with Gasteiger partial charge in [0.05, 0.1) is 66.8 Å². The van der Waals surface area contributed by atoms with E-state index >= 15 is 0 Å². The second-order valence-electron chi connectivity index (χ2n) is 29.7. The van der Waals surface area contributed by atoms with Gasteiger partial charge in [0.25, 0.3) is 47.3 Å². The topological polar surface area (TPSA) is 492 Å². The van der Waals surface area contributed by atoms with Crippen LogP contribution in [0.2, 0.25) is 0 Å². The van der Waals surface area contributed by atoms with E-state index in [0.29, 0.717) is 85.2 Å². The van der Waals surface area contributed by atoms with E-state index in [1.54, 1.807) is 153 Å². The fourth-order valence-electron chi connectivity index (χ4n) is 14.7. The van der Waals surface area contributed by atoms with Crippen LogP contribution in [0.25, 0.3) is 11.4 Å². The highest BCUT2D eigenvalue weighted by atomic mass is 16.5. The van der Waals surface area contributed by atoms with Crippen molar-refractivity contribution < 1.29 is 95.6 Å². The van der Waals surface area contributed by atoms with E-state index in [9.17, 15) is 71.9 Å². The van der Waals surface area contributed by atoms with Crippen LogP contribution >= 0.6 is 0 Å². The molecule has 0 aliphatic carbocycles. The van der Waals surface area contributed by atoms with Crippen molar-refractivity contribution in [3.63, 3.8) is 0 Å². The van der Waals surface area contributed by atoms with Gasteiger partial charge >= 0.3 is 30.1 Å². The molecule has 13 N–H and O–H groups in total. The highest BCUT2D eigenvalue weighted by Crippen LogP contribution is 2.34. The zero-order chi connectivity index (χ0) is 90.9. The molecule has 644 valence electrons. The normalized spacial score (nSPS) is 19.0. The minimum absolute atomic E-state index is 0.0854. The molecule has 18 amide bonds. The number of imidazole rings is 1. The molecule has 8 aliphatic rings. The van der Waals surface area contributed by atoms with Gasteiger partial charge < -0.3 is 81.0 Å². The first-order valence-electron chi connectivity index (χ1n) is 39.1. The van der Waals surface area contributed by atoms with E-state index in [-0.39, 0.29) is 81.6 Å². The van der Waals surface area contributed by atoms with Gasteiger partial charge in [-0.2, -0.15) is 0 Å². The number of urea groups is 4. The molecule has 36 nitrogen and oxygen atoms in total. The molecular weight excluding hydrogens is 1650 g/mol. The first kappa shape index (κ1) is 86.8. The molecule has 17 rings (SSSR count). The third-order valence-corrected chi connectivity index (χ3v) is 21.3. The summed E-state index contributed by atoms with van der Waals surface area (Å²) in [4.78, 5) is 198. The highest BCUT2D eigenvalue weighted by Gasteiger charge is 2.53. The minimum atomic E-state index is -1.64. The molecule has 4 saturated heterocycles. The van der Waals surface area contributed by atoms with Crippen molar-refractivity contribution >= 4 is 89.2 Å². The second kappa shape index (κ2) is 36.3. The van der Waals surface area contributed by atoms with Gasteiger partial charge in [-0.05, 0) is 157 Å². The van der Waals surface area contributed by atoms with Crippen molar-refractivity contribution in [2.45, 2.75) is 55.3 Å². The first-order chi connectivity index (χ1) is 61.4. The summed E-state index contributed by atoms with van der Waals surface area (Å²) < 4.78 is 25.7. The number of rotatable bonds is 17. The Bertz CT molecular complexity index is 6450. The van der Waals surface area contributed by atoms with Crippen molar-refractivity contribution in [2.24, 2.45) is 11.5 Å². The van der Waals surface area contributed by atoms with Crippen LogP contribution in [-0.2, 0) is 50.1 Å². The second-order valence-corrected chi connectivity index (χ2v) is 29.7. The summed E-state index contributed by atoms with van der Waals surface area (Å²) in [5.41, 5.74) is 13.2. The maximum Gasteiger partial charge on any atom is 0.338 e. The number of H-pyrrole nitrogens is 1. The summed E-state index contributed by atoms with van der Waals surface area (Å²) in [6, 6.07) is 44.3. The van der Waals surface area contributed by atoms with Crippen LogP contribution in [0.1, 0.15) is 124 Å². The Morgan fingerprint density at radius 2 is 0.695 bits per heavy atom. The average Bonchev–Trinajstić information content (AvgIpc) is 1.63. The molecule has 4 atom stereocenters. The zero-order valence-electron chi connectivity index (χ0n) is 68.7. The lowest BCUT2D eigenvalue weighted by molar-refractivity contribution is -0.123. The van der Waals surface area contributed by atoms with Crippen molar-refractivity contribution in [3.8, 4) is 81.7 Å². The van der Waals surface area contributed by atoms with E-state index in [0.717, 1.165) is 33.6 Å². The molecule has 1 aromatic heterocycles. The highest BCUT2D eigenvalue weighted by molar-refractivity contribution is 6.13. The molecule has 0 radical (unpaired) electrons. The number of amides is 18. The zero-order valence-corrected chi connectivity index (χ0v) is 68.7. The molecule has 4 fully saturated rings. The summed E-state index contributed by atoms with van der Waals surface area (Å²) in [7, 11) is 6.07. The van der Waals surface area contributed by atoms with E-state index in [4.69, 9.17) is 35.2 Å². The van der Waals surface area contributed by atoms with Crippen LogP contribution < -0.4 is 72.9 Å². The molecule has 36 heteroatoms. The molecule has 0 spiro atoms. The summed E-state index contributed by atoms with van der Waals surface area (Å²) in [6.45, 7) is 2.62. The largest absolute Gasteiger partial charge is 0.497 e. The third kappa shape index (κ3) is 18.5. The number of aromatic amines is 1. The maximum absolute atomic E-state index is 13.0. The van der Waals surface area contributed by atoms with Crippen molar-refractivity contribution in [3.05, 3.63) is 266 Å². The number of hydrogen-bond acceptors (Lipinski definition) is 21. The number of nitrogens with two attached hydrogens (primary N) is 2. The molecule has 8 aromatic carbocycles. The van der Waals surface area contributed by atoms with Crippen LogP contribution in [0.3, 0.4) is 0 Å². The molecule has 9 aromatic rings. The predicted molar refractivity (Wildman–Crippen MR) is 452 cm³/mol. The molecule has 9 heterocycles. The summed E-state index contributed by atoms with van der Waals surface area (Å²) in [5, 5.41) is 19.1. The lowest BCUT2D eigenvalue weighted by atomic mass is 9.98. The van der Waals surface area contributed by atoms with Crippen LogP contribution in [0, 0.1) is 47.4 Å². The van der Waals surface area contributed by atoms with E-state index in [2.05, 4.69) is 99.9 Å². The lowest BCUT2D eigenvalue weighted by Gasteiger charge is -2.26. The Kier molecular flexibility index (Phi) is 24.6. The van der Waals surface area contributed by atoms with Gasteiger partial charge in [0, 0.05) is 99.8 Å². The summed E-state index contributed by atoms with van der Waals surface area (Å²) >= 11 is 0. The molecular formula is C92H76N16O20. The molecule has 0 saturated carbocycles. The molecule has 0 unspecified atom stereocenters. The summed E-state index contributed by atoms with van der Waals surface area (Å²) in [5.74, 6) is 20.5. The maximum atomic E-state index is 13.0. The number of ether oxygens (including phenoxy) is 5. The number of imide groups is 4. The Balaban J connectivity index is 0.000000138. The number of benzene rings is 8. The summed E-state index contributed by atoms with van der Waals surface area (Å²) in [6.07, 6.45) is 3.41. The van der Waals surface area contributed by atoms with Gasteiger partial charge in [-0.3, -0.25) is 69.2 Å². The standard InChI is InChI=1S/C24H19N5O4.C24H21N3O6.2C22H18N4O5/c1-33-18-7-6-17-13-29(21(30)19(17)12-18)14-24(22(31)27-23(32)28-24)9-8-15-2-4-16(5-3-15)20-25-10-11-26-20;1-3-33-21(29)16-6-4-15(5-7-16)10-11-24(22(30)25-23(31)26-24)14-27-13-17-8-9-18(32-2)12-19(17)20(27)28;1-31-16-7-6-15-11-26(19(28)17(15)10-16)12-22(20(29)24-21(30)25-22)9-8-13-2-4-14(5-3-13)18(23)27;1-31-16-6-5-15-11-26(19(28)17(15)10-16)12-22(20(29)24-21(30)25-22)8-7-13-3-2-4-14(9-13)18(23)27/h2-7,10-12H,13-14H2,1H3,(H,25,26)(H2,27,28,31,32);4-9,12H,3,13-14H2,1-2H3,(H2,25,26,30,31);2-7,10H,11-12H2,1H3,(H2,23,27)(H2,24,25,29,30);2-6,9-10H,11-12H2,1H3,(H2,23,27)(H2,24,25,29,30)/t2*24-;2*22-/m1111/s1. The van der Waals surface area contributed by atoms with Gasteiger partial charge in [-0.25, -0.2) is 29.0 Å². The number of nitrogens with zero attached hydrogens (tertiary/aromatic N) is 5. The Morgan fingerprint density at radius 1 is 0.383 bits per heavy atom. The van der Waals surface area contributed by atoms with Crippen molar-refractivity contribution in [2.75, 3.05) is 61.2 Å². The number of hydrogen-bond donors (Lipinski definition) is 11. The van der Waals surface area contributed by atoms with Gasteiger partial charge in [-0.15, -0.1) is 0 Å². The fourth-order valence-corrected chi connectivity index (χ4v) is 14.7. The average molecular weight is 1730 g/mol. The van der Waals surface area contributed by atoms with Crippen LogP contribution in [-0.4, -0.2) is 202 Å².